The van der Waals surface area contributed by atoms with E-state index in [2.05, 4.69) is 18.3 Å². The van der Waals surface area contributed by atoms with Crippen LogP contribution < -0.4 is 10.1 Å². The van der Waals surface area contributed by atoms with E-state index in [0.29, 0.717) is 19.6 Å². The van der Waals surface area contributed by atoms with Gasteiger partial charge < -0.3 is 24.3 Å². The SMILES string of the molecule is CCc1nn(C2CCCCO2)c2ccc(OCCC(COC)NC(=O)OCc3ccccc3)cc12. The molecule has 4 rings (SSSR count). The average molecular weight is 482 g/mol. The van der Waals surface area contributed by atoms with Crippen LogP contribution >= 0.6 is 0 Å². The van der Waals surface area contributed by atoms with Crippen LogP contribution in [0.3, 0.4) is 0 Å². The Kier molecular flexibility index (Phi) is 8.97. The minimum absolute atomic E-state index is 0.000779. The average Bonchev–Trinajstić information content (AvgIpc) is 3.27. The molecule has 0 radical (unpaired) electrons. The molecule has 0 aliphatic carbocycles. The minimum Gasteiger partial charge on any atom is -0.493 e. The Bertz CT molecular complexity index is 1080. The number of rotatable bonds is 11. The number of hydrogen-bond acceptors (Lipinski definition) is 6. The van der Waals surface area contributed by atoms with E-state index in [-0.39, 0.29) is 18.9 Å². The van der Waals surface area contributed by atoms with Crippen molar-refractivity contribution in [2.45, 2.75) is 57.9 Å². The lowest BCUT2D eigenvalue weighted by Crippen LogP contribution is -2.39. The molecule has 8 heteroatoms. The third-order valence-electron chi connectivity index (χ3n) is 6.16. The van der Waals surface area contributed by atoms with Crippen LogP contribution in [0.25, 0.3) is 10.9 Å². The molecule has 8 nitrogen and oxygen atoms in total. The topological polar surface area (TPSA) is 83.8 Å². The van der Waals surface area contributed by atoms with E-state index in [0.717, 1.165) is 60.2 Å². The maximum absolute atomic E-state index is 12.2. The van der Waals surface area contributed by atoms with E-state index in [1.807, 2.05) is 47.1 Å². The highest BCUT2D eigenvalue weighted by molar-refractivity contribution is 5.83. The van der Waals surface area contributed by atoms with Crippen LogP contribution in [0.15, 0.2) is 48.5 Å². The number of fused-ring (bicyclic) bond motifs is 1. The fourth-order valence-electron chi connectivity index (χ4n) is 4.32. The lowest BCUT2D eigenvalue weighted by molar-refractivity contribution is -0.0368. The van der Waals surface area contributed by atoms with Gasteiger partial charge in [-0.2, -0.15) is 5.10 Å². The van der Waals surface area contributed by atoms with Crippen molar-refractivity contribution in [3.05, 3.63) is 59.8 Å². The van der Waals surface area contributed by atoms with Crippen LogP contribution in [0.1, 0.15) is 50.1 Å². The van der Waals surface area contributed by atoms with Crippen LogP contribution in [-0.2, 0) is 27.2 Å². The van der Waals surface area contributed by atoms with E-state index in [9.17, 15) is 4.79 Å². The largest absolute Gasteiger partial charge is 0.493 e. The van der Waals surface area contributed by atoms with Gasteiger partial charge in [-0.25, -0.2) is 9.48 Å². The molecule has 1 aliphatic rings. The number of ether oxygens (including phenoxy) is 4. The molecule has 1 amide bonds. The number of aromatic nitrogens is 2. The maximum Gasteiger partial charge on any atom is 0.407 e. The number of benzene rings is 2. The fraction of sp³-hybridized carbons (Fsp3) is 0.481. The van der Waals surface area contributed by atoms with Crippen molar-refractivity contribution in [2.75, 3.05) is 26.9 Å². The number of hydrogen-bond donors (Lipinski definition) is 1. The normalized spacial score (nSPS) is 16.7. The van der Waals surface area contributed by atoms with E-state index < -0.39 is 6.09 Å². The molecule has 188 valence electrons. The Morgan fingerprint density at radius 1 is 1.23 bits per heavy atom. The van der Waals surface area contributed by atoms with Gasteiger partial charge in [0.05, 0.1) is 30.5 Å². The predicted molar refractivity (Wildman–Crippen MR) is 133 cm³/mol. The Labute approximate surface area is 206 Å². The molecule has 0 spiro atoms. The molecule has 1 aliphatic heterocycles. The molecule has 1 saturated heterocycles. The molecule has 0 bridgehead atoms. The Hall–Kier alpha value is -3.10. The van der Waals surface area contributed by atoms with Crippen molar-refractivity contribution in [1.82, 2.24) is 15.1 Å². The van der Waals surface area contributed by atoms with Gasteiger partial charge in [-0.05, 0) is 49.4 Å². The van der Waals surface area contributed by atoms with Gasteiger partial charge in [-0.3, -0.25) is 0 Å². The number of amides is 1. The molecule has 1 fully saturated rings. The summed E-state index contributed by atoms with van der Waals surface area (Å²) in [5, 5.41) is 8.80. The van der Waals surface area contributed by atoms with E-state index in [4.69, 9.17) is 24.0 Å². The summed E-state index contributed by atoms with van der Waals surface area (Å²) >= 11 is 0. The van der Waals surface area contributed by atoms with Crippen molar-refractivity contribution < 1.29 is 23.7 Å². The summed E-state index contributed by atoms with van der Waals surface area (Å²) in [7, 11) is 1.61. The number of carbonyl (C=O) groups is 1. The van der Waals surface area contributed by atoms with Gasteiger partial charge in [-0.15, -0.1) is 0 Å². The van der Waals surface area contributed by atoms with E-state index in [1.165, 1.54) is 0 Å². The zero-order chi connectivity index (χ0) is 24.5. The van der Waals surface area contributed by atoms with Gasteiger partial charge >= 0.3 is 6.09 Å². The van der Waals surface area contributed by atoms with Crippen LogP contribution in [-0.4, -0.2) is 48.8 Å². The molecular weight excluding hydrogens is 446 g/mol. The van der Waals surface area contributed by atoms with Crippen LogP contribution in [0.4, 0.5) is 4.79 Å². The summed E-state index contributed by atoms with van der Waals surface area (Å²) in [5.41, 5.74) is 3.05. The third-order valence-corrected chi connectivity index (χ3v) is 6.16. The van der Waals surface area contributed by atoms with Gasteiger partial charge in [0.15, 0.2) is 6.23 Å². The summed E-state index contributed by atoms with van der Waals surface area (Å²) < 4.78 is 24.6. The number of nitrogens with zero attached hydrogens (tertiary/aromatic N) is 2. The summed E-state index contributed by atoms with van der Waals surface area (Å²) in [5.74, 6) is 0.777. The highest BCUT2D eigenvalue weighted by atomic mass is 16.5. The molecule has 1 aromatic heterocycles. The van der Waals surface area contributed by atoms with Gasteiger partial charge in [0.2, 0.25) is 0 Å². The zero-order valence-electron chi connectivity index (χ0n) is 20.6. The molecular formula is C27H35N3O5. The molecule has 1 N–H and O–H groups in total. The summed E-state index contributed by atoms with van der Waals surface area (Å²) in [4.78, 5) is 12.2. The Balaban J connectivity index is 1.32. The van der Waals surface area contributed by atoms with Crippen molar-refractivity contribution in [1.29, 1.82) is 0 Å². The van der Waals surface area contributed by atoms with E-state index in [1.54, 1.807) is 7.11 Å². The predicted octanol–water partition coefficient (Wildman–Crippen LogP) is 5.01. The summed E-state index contributed by atoms with van der Waals surface area (Å²) in [6.45, 7) is 3.92. The molecule has 2 heterocycles. The quantitative estimate of drug-likeness (QED) is 0.415. The molecule has 2 atom stereocenters. The fourth-order valence-corrected chi connectivity index (χ4v) is 4.32. The summed E-state index contributed by atoms with van der Waals surface area (Å²) in [6, 6.07) is 15.4. The first kappa shape index (κ1) is 25.0. The van der Waals surface area contributed by atoms with Crippen LogP contribution in [0.2, 0.25) is 0 Å². The highest BCUT2D eigenvalue weighted by Gasteiger charge is 2.21. The minimum atomic E-state index is -0.470. The van der Waals surface area contributed by atoms with Gasteiger partial charge in [0.1, 0.15) is 12.4 Å². The van der Waals surface area contributed by atoms with Crippen molar-refractivity contribution in [3.63, 3.8) is 0 Å². The molecule has 0 saturated carbocycles. The Morgan fingerprint density at radius 3 is 2.83 bits per heavy atom. The first-order chi connectivity index (χ1) is 17.2. The highest BCUT2D eigenvalue weighted by Crippen LogP contribution is 2.30. The Morgan fingerprint density at radius 2 is 2.09 bits per heavy atom. The lowest BCUT2D eigenvalue weighted by atomic mass is 10.1. The molecule has 3 aromatic rings. The van der Waals surface area contributed by atoms with Crippen molar-refractivity contribution >= 4 is 17.0 Å². The summed E-state index contributed by atoms with van der Waals surface area (Å²) in [6.07, 6.45) is 4.21. The monoisotopic (exact) mass is 481 g/mol. The van der Waals surface area contributed by atoms with Gasteiger partial charge in [0.25, 0.3) is 0 Å². The molecule has 2 unspecified atom stereocenters. The smallest absolute Gasteiger partial charge is 0.407 e. The second-order valence-electron chi connectivity index (χ2n) is 8.74. The first-order valence-electron chi connectivity index (χ1n) is 12.4. The van der Waals surface area contributed by atoms with Crippen LogP contribution in [0.5, 0.6) is 5.75 Å². The maximum atomic E-state index is 12.2. The first-order valence-corrected chi connectivity index (χ1v) is 12.4. The van der Waals surface area contributed by atoms with Crippen LogP contribution in [0, 0.1) is 0 Å². The second kappa shape index (κ2) is 12.6. The number of aryl methyl sites for hydroxylation is 1. The number of alkyl carbamates (subject to hydrolysis) is 1. The number of nitrogens with one attached hydrogen (secondary N) is 1. The van der Waals surface area contributed by atoms with Crippen molar-refractivity contribution in [2.24, 2.45) is 0 Å². The standard InChI is InChI=1S/C27H35N3O5/c1-3-24-23-17-22(12-13-25(23)30(29-24)26-11-7-8-15-34-26)33-16-14-21(19-32-2)28-27(31)35-18-20-9-5-4-6-10-20/h4-6,9-10,12-13,17,21,26H,3,7-8,11,14-16,18-19H2,1-2H3,(H,28,31). The van der Waals surface area contributed by atoms with Gasteiger partial charge in [0, 0.05) is 25.5 Å². The molecule has 35 heavy (non-hydrogen) atoms. The third kappa shape index (κ3) is 6.74. The van der Waals surface area contributed by atoms with Gasteiger partial charge in [-0.1, -0.05) is 37.3 Å². The number of methoxy groups -OCH3 is 1. The molecule has 2 aromatic carbocycles. The van der Waals surface area contributed by atoms with E-state index >= 15 is 0 Å². The lowest BCUT2D eigenvalue weighted by Gasteiger charge is -2.23. The second-order valence-corrected chi connectivity index (χ2v) is 8.74. The number of carbonyl (C=O) groups excluding carboxylic acids is 1. The zero-order valence-corrected chi connectivity index (χ0v) is 20.6. The van der Waals surface area contributed by atoms with Crippen molar-refractivity contribution in [3.8, 4) is 5.75 Å².